The third kappa shape index (κ3) is 4.94. The molecule has 0 aliphatic rings. The van der Waals surface area contributed by atoms with Crippen LogP contribution in [0.2, 0.25) is 0 Å². The monoisotopic (exact) mass is 364 g/mol. The lowest BCUT2D eigenvalue weighted by Gasteiger charge is -2.21. The summed E-state index contributed by atoms with van der Waals surface area (Å²) in [6.45, 7) is 6.11. The Hall–Kier alpha value is -3.15. The minimum atomic E-state index is -0.399. The number of rotatable bonds is 8. The van der Waals surface area contributed by atoms with Crippen LogP contribution < -0.4 is 10.2 Å². The number of carbonyl (C=O) groups excluding carboxylic acids is 1. The van der Waals surface area contributed by atoms with Gasteiger partial charge in [-0.2, -0.15) is 0 Å². The number of nitrogens with one attached hydrogen (secondary N) is 1. The van der Waals surface area contributed by atoms with Gasteiger partial charge in [-0.1, -0.05) is 30.3 Å². The molecule has 0 unspecified atom stereocenters. The Morgan fingerprint density at radius 2 is 1.67 bits per heavy atom. The molecule has 0 radical (unpaired) electrons. The predicted molar refractivity (Wildman–Crippen MR) is 106 cm³/mol. The van der Waals surface area contributed by atoms with E-state index in [0.717, 1.165) is 25.2 Å². The van der Waals surface area contributed by atoms with Crippen LogP contribution in [-0.4, -0.2) is 29.2 Å². The van der Waals surface area contributed by atoms with Crippen LogP contribution in [0.3, 0.4) is 0 Å². The number of aryl methyl sites for hydroxylation is 2. The molecular formula is C21H24N4O2. The van der Waals surface area contributed by atoms with Crippen molar-refractivity contribution in [3.05, 3.63) is 71.9 Å². The number of amides is 1. The summed E-state index contributed by atoms with van der Waals surface area (Å²) in [5.41, 5.74) is 3.01. The van der Waals surface area contributed by atoms with Crippen LogP contribution in [0.1, 0.15) is 36.0 Å². The highest BCUT2D eigenvalue weighted by molar-refractivity contribution is 6.00. The van der Waals surface area contributed by atoms with Gasteiger partial charge in [0.2, 0.25) is 5.89 Å². The number of hydrogen-bond donors (Lipinski definition) is 1. The molecule has 1 heterocycles. The fourth-order valence-electron chi connectivity index (χ4n) is 2.87. The molecule has 0 atom stereocenters. The van der Waals surface area contributed by atoms with E-state index in [2.05, 4.69) is 34.3 Å². The molecule has 1 amide bonds. The topological polar surface area (TPSA) is 71.3 Å². The quantitative estimate of drug-likeness (QED) is 0.655. The Kier molecular flexibility index (Phi) is 6.20. The van der Waals surface area contributed by atoms with Crippen molar-refractivity contribution < 1.29 is 9.21 Å². The second kappa shape index (κ2) is 8.98. The molecule has 3 rings (SSSR count). The van der Waals surface area contributed by atoms with Crippen LogP contribution in [0.4, 0.5) is 11.4 Å². The molecule has 1 N–H and O–H groups in total. The van der Waals surface area contributed by atoms with E-state index in [-0.39, 0.29) is 5.89 Å². The van der Waals surface area contributed by atoms with Gasteiger partial charge in [-0.25, -0.2) is 0 Å². The first-order valence-corrected chi connectivity index (χ1v) is 9.22. The number of anilines is 2. The fraction of sp³-hybridized carbons (Fsp3) is 0.286. The minimum absolute atomic E-state index is 0.0223. The van der Waals surface area contributed by atoms with Crippen LogP contribution in [0, 0.1) is 0 Å². The van der Waals surface area contributed by atoms with E-state index in [9.17, 15) is 4.79 Å². The molecule has 6 nitrogen and oxygen atoms in total. The number of hydrogen-bond acceptors (Lipinski definition) is 5. The van der Waals surface area contributed by atoms with Crippen molar-refractivity contribution in [3.63, 3.8) is 0 Å². The third-order valence-electron chi connectivity index (χ3n) is 4.39. The van der Waals surface area contributed by atoms with Gasteiger partial charge in [0.05, 0.1) is 0 Å². The Bertz CT molecular complexity index is 855. The maximum Gasteiger partial charge on any atom is 0.313 e. The summed E-state index contributed by atoms with van der Waals surface area (Å²) in [5, 5.41) is 10.6. The molecule has 3 aromatic rings. The number of carbonyl (C=O) groups is 1. The summed E-state index contributed by atoms with van der Waals surface area (Å²) in [4.78, 5) is 14.6. The van der Waals surface area contributed by atoms with Gasteiger partial charge in [0.15, 0.2) is 0 Å². The van der Waals surface area contributed by atoms with E-state index in [1.807, 2.05) is 54.6 Å². The molecule has 0 aliphatic heterocycles. The zero-order valence-electron chi connectivity index (χ0n) is 15.7. The summed E-state index contributed by atoms with van der Waals surface area (Å²) >= 11 is 0. The number of aromatic nitrogens is 2. The standard InChI is InChI=1S/C21H24N4O2/c1-3-25(4-2)18-13-11-17(12-14-18)22-20(26)21-24-23-19(27-21)15-10-16-8-6-5-7-9-16/h5-9,11-14H,3-4,10,15H2,1-2H3,(H,22,26). The second-order valence-electron chi connectivity index (χ2n) is 6.16. The van der Waals surface area contributed by atoms with Gasteiger partial charge in [-0.15, -0.1) is 10.2 Å². The molecule has 0 bridgehead atoms. The third-order valence-corrected chi connectivity index (χ3v) is 4.39. The first-order chi connectivity index (χ1) is 13.2. The Morgan fingerprint density at radius 3 is 2.33 bits per heavy atom. The van der Waals surface area contributed by atoms with Gasteiger partial charge in [-0.05, 0) is 50.1 Å². The summed E-state index contributed by atoms with van der Waals surface area (Å²) in [7, 11) is 0. The van der Waals surface area contributed by atoms with Crippen molar-refractivity contribution >= 4 is 17.3 Å². The van der Waals surface area contributed by atoms with Gasteiger partial charge >= 0.3 is 11.8 Å². The smallest absolute Gasteiger partial charge is 0.313 e. The summed E-state index contributed by atoms with van der Waals surface area (Å²) < 4.78 is 5.49. The lowest BCUT2D eigenvalue weighted by Crippen LogP contribution is -2.21. The molecule has 0 spiro atoms. The van der Waals surface area contributed by atoms with Crippen molar-refractivity contribution in [1.29, 1.82) is 0 Å². The Morgan fingerprint density at radius 1 is 0.963 bits per heavy atom. The first kappa shape index (κ1) is 18.6. The molecule has 6 heteroatoms. The van der Waals surface area contributed by atoms with Crippen molar-refractivity contribution in [3.8, 4) is 0 Å². The largest absolute Gasteiger partial charge is 0.417 e. The van der Waals surface area contributed by atoms with E-state index in [0.29, 0.717) is 18.0 Å². The molecule has 2 aromatic carbocycles. The molecule has 140 valence electrons. The van der Waals surface area contributed by atoms with Gasteiger partial charge in [-0.3, -0.25) is 4.79 Å². The van der Waals surface area contributed by atoms with Gasteiger partial charge in [0.25, 0.3) is 0 Å². The van der Waals surface area contributed by atoms with Crippen molar-refractivity contribution in [2.24, 2.45) is 0 Å². The summed E-state index contributed by atoms with van der Waals surface area (Å²) in [6.07, 6.45) is 1.39. The zero-order valence-corrected chi connectivity index (χ0v) is 15.7. The molecule has 0 aliphatic carbocycles. The molecular weight excluding hydrogens is 340 g/mol. The summed E-state index contributed by atoms with van der Waals surface area (Å²) in [5.74, 6) is 0.0378. The van der Waals surface area contributed by atoms with Crippen LogP contribution >= 0.6 is 0 Å². The highest BCUT2D eigenvalue weighted by atomic mass is 16.4. The normalized spacial score (nSPS) is 10.6. The van der Waals surface area contributed by atoms with E-state index in [1.165, 1.54) is 5.56 Å². The molecule has 0 saturated heterocycles. The lowest BCUT2D eigenvalue weighted by molar-refractivity contribution is 0.0988. The Balaban J connectivity index is 1.57. The van der Waals surface area contributed by atoms with E-state index < -0.39 is 5.91 Å². The van der Waals surface area contributed by atoms with E-state index in [4.69, 9.17) is 4.42 Å². The molecule has 27 heavy (non-hydrogen) atoms. The predicted octanol–water partition coefficient (Wildman–Crippen LogP) is 3.95. The van der Waals surface area contributed by atoms with Crippen LogP contribution in [-0.2, 0) is 12.8 Å². The van der Waals surface area contributed by atoms with Gasteiger partial charge in [0.1, 0.15) is 0 Å². The highest BCUT2D eigenvalue weighted by Gasteiger charge is 2.15. The maximum absolute atomic E-state index is 12.3. The van der Waals surface area contributed by atoms with Crippen molar-refractivity contribution in [1.82, 2.24) is 10.2 Å². The SMILES string of the molecule is CCN(CC)c1ccc(NC(=O)c2nnc(CCc3ccccc3)o2)cc1. The molecule has 1 aromatic heterocycles. The molecule has 0 saturated carbocycles. The van der Waals surface area contributed by atoms with Crippen LogP contribution in [0.25, 0.3) is 0 Å². The minimum Gasteiger partial charge on any atom is -0.417 e. The highest BCUT2D eigenvalue weighted by Crippen LogP contribution is 2.18. The fourth-order valence-corrected chi connectivity index (χ4v) is 2.87. The lowest BCUT2D eigenvalue weighted by atomic mass is 10.1. The van der Waals surface area contributed by atoms with Gasteiger partial charge in [0, 0.05) is 30.9 Å². The number of nitrogens with zero attached hydrogens (tertiary/aromatic N) is 3. The van der Waals surface area contributed by atoms with Crippen molar-refractivity contribution in [2.75, 3.05) is 23.3 Å². The van der Waals surface area contributed by atoms with E-state index >= 15 is 0 Å². The first-order valence-electron chi connectivity index (χ1n) is 9.22. The van der Waals surface area contributed by atoms with Crippen LogP contribution in [0.5, 0.6) is 0 Å². The maximum atomic E-state index is 12.3. The zero-order chi connectivity index (χ0) is 19.1. The Labute approximate surface area is 159 Å². The second-order valence-corrected chi connectivity index (χ2v) is 6.16. The molecule has 0 fully saturated rings. The van der Waals surface area contributed by atoms with Crippen molar-refractivity contribution in [2.45, 2.75) is 26.7 Å². The van der Waals surface area contributed by atoms with E-state index in [1.54, 1.807) is 0 Å². The summed E-state index contributed by atoms with van der Waals surface area (Å²) in [6, 6.07) is 17.8. The average molecular weight is 364 g/mol. The number of benzene rings is 2. The van der Waals surface area contributed by atoms with Gasteiger partial charge < -0.3 is 14.6 Å². The average Bonchev–Trinajstić information content (AvgIpc) is 3.19. The van der Waals surface area contributed by atoms with Crippen LogP contribution in [0.15, 0.2) is 59.0 Å².